The lowest BCUT2D eigenvalue weighted by atomic mass is 9.93. The second kappa shape index (κ2) is 6.06. The molecule has 0 radical (unpaired) electrons. The van der Waals surface area contributed by atoms with Gasteiger partial charge in [-0.05, 0) is 42.2 Å². The number of hydrogen-bond donors (Lipinski definition) is 1. The molecule has 0 spiro atoms. The highest BCUT2D eigenvalue weighted by molar-refractivity contribution is 5.38. The lowest BCUT2D eigenvalue weighted by Gasteiger charge is -2.26. The minimum atomic E-state index is 0.544. The molecule has 0 saturated carbocycles. The summed E-state index contributed by atoms with van der Waals surface area (Å²) in [6.07, 6.45) is 4.86. The lowest BCUT2D eigenvalue weighted by Crippen LogP contribution is -2.25. The van der Waals surface area contributed by atoms with Crippen LogP contribution in [0.4, 0.5) is 0 Å². The molecule has 1 aromatic heterocycles. The van der Waals surface area contributed by atoms with Crippen molar-refractivity contribution in [3.8, 4) is 5.75 Å². The number of aryl methyl sites for hydroxylation is 1. The summed E-state index contributed by atoms with van der Waals surface area (Å²) in [5, 5.41) is 3.57. The van der Waals surface area contributed by atoms with E-state index in [1.165, 1.54) is 16.7 Å². The summed E-state index contributed by atoms with van der Waals surface area (Å²) >= 11 is 0. The number of benzene rings is 1. The molecule has 0 aliphatic carbocycles. The first-order valence-corrected chi connectivity index (χ1v) is 7.16. The Kier molecular flexibility index (Phi) is 3.97. The van der Waals surface area contributed by atoms with Crippen molar-refractivity contribution in [1.29, 1.82) is 0 Å². The van der Waals surface area contributed by atoms with Crippen molar-refractivity contribution in [2.24, 2.45) is 0 Å². The van der Waals surface area contributed by atoms with Crippen LogP contribution < -0.4 is 10.1 Å². The van der Waals surface area contributed by atoms with E-state index in [4.69, 9.17) is 4.74 Å². The van der Waals surface area contributed by atoms with Crippen LogP contribution in [0.1, 0.15) is 29.0 Å². The highest BCUT2D eigenvalue weighted by Gasteiger charge is 2.20. The number of hydrogen-bond acceptors (Lipinski definition) is 3. The quantitative estimate of drug-likeness (QED) is 0.925. The van der Waals surface area contributed by atoms with Crippen LogP contribution in [0.25, 0.3) is 0 Å². The van der Waals surface area contributed by atoms with Crippen LogP contribution in [0.15, 0.2) is 42.7 Å². The Morgan fingerprint density at radius 2 is 2.20 bits per heavy atom. The summed E-state index contributed by atoms with van der Waals surface area (Å²) in [7, 11) is 0. The highest BCUT2D eigenvalue weighted by Crippen LogP contribution is 2.32. The molecule has 1 aliphatic rings. The average Bonchev–Trinajstić information content (AvgIpc) is 2.49. The topological polar surface area (TPSA) is 34.2 Å². The summed E-state index contributed by atoms with van der Waals surface area (Å²) in [5.41, 5.74) is 3.89. The van der Waals surface area contributed by atoms with E-state index in [-0.39, 0.29) is 0 Å². The fourth-order valence-electron chi connectivity index (χ4n) is 2.71. The molecule has 1 aromatic carbocycles. The Labute approximate surface area is 120 Å². The van der Waals surface area contributed by atoms with E-state index >= 15 is 0 Å². The number of pyridine rings is 1. The zero-order valence-electron chi connectivity index (χ0n) is 11.8. The Morgan fingerprint density at radius 1 is 1.30 bits per heavy atom. The molecule has 0 fully saturated rings. The van der Waals surface area contributed by atoms with Crippen molar-refractivity contribution in [3.63, 3.8) is 0 Å². The molecule has 1 N–H and O–H groups in total. The standard InChI is InChI=1S/C17H20N2O/c1-13-10-18-8-6-14(13)11-19-12-15-7-9-20-17-5-3-2-4-16(15)17/h2-6,8,10,15,19H,7,9,11-12H2,1H3. The third kappa shape index (κ3) is 2.83. The van der Waals surface area contributed by atoms with Gasteiger partial charge in [-0.3, -0.25) is 4.98 Å². The Hall–Kier alpha value is -1.87. The van der Waals surface area contributed by atoms with Crippen LogP contribution in [0, 0.1) is 6.92 Å². The van der Waals surface area contributed by atoms with Crippen LogP contribution in [0.3, 0.4) is 0 Å². The van der Waals surface area contributed by atoms with Gasteiger partial charge in [0.25, 0.3) is 0 Å². The van der Waals surface area contributed by atoms with Gasteiger partial charge in [0, 0.05) is 31.4 Å². The van der Waals surface area contributed by atoms with Gasteiger partial charge in [0.05, 0.1) is 6.61 Å². The third-order valence-corrected chi connectivity index (χ3v) is 3.93. The number of fused-ring (bicyclic) bond motifs is 1. The number of nitrogens with zero attached hydrogens (tertiary/aromatic N) is 1. The van der Waals surface area contributed by atoms with Gasteiger partial charge in [-0.25, -0.2) is 0 Å². The lowest BCUT2D eigenvalue weighted by molar-refractivity contribution is 0.264. The molecule has 3 rings (SSSR count). The van der Waals surface area contributed by atoms with E-state index in [1.54, 1.807) is 0 Å². The second-order valence-corrected chi connectivity index (χ2v) is 5.30. The highest BCUT2D eigenvalue weighted by atomic mass is 16.5. The monoisotopic (exact) mass is 268 g/mol. The van der Waals surface area contributed by atoms with Crippen molar-refractivity contribution >= 4 is 0 Å². The van der Waals surface area contributed by atoms with Gasteiger partial charge < -0.3 is 10.1 Å². The first-order valence-electron chi connectivity index (χ1n) is 7.16. The summed E-state index contributed by atoms with van der Waals surface area (Å²) in [5.74, 6) is 1.59. The molecular formula is C17H20N2O. The Bertz CT molecular complexity index is 583. The first kappa shape index (κ1) is 13.1. The second-order valence-electron chi connectivity index (χ2n) is 5.30. The number of aromatic nitrogens is 1. The Morgan fingerprint density at radius 3 is 3.10 bits per heavy atom. The smallest absolute Gasteiger partial charge is 0.122 e. The van der Waals surface area contributed by atoms with Gasteiger partial charge in [-0.2, -0.15) is 0 Å². The van der Waals surface area contributed by atoms with E-state index < -0.39 is 0 Å². The number of para-hydroxylation sites is 1. The molecule has 0 bridgehead atoms. The molecule has 2 aromatic rings. The van der Waals surface area contributed by atoms with Gasteiger partial charge in [0.15, 0.2) is 0 Å². The van der Waals surface area contributed by atoms with Crippen LogP contribution in [0.2, 0.25) is 0 Å². The number of nitrogens with one attached hydrogen (secondary N) is 1. The average molecular weight is 268 g/mol. The largest absolute Gasteiger partial charge is 0.493 e. The van der Waals surface area contributed by atoms with Crippen molar-refractivity contribution in [1.82, 2.24) is 10.3 Å². The van der Waals surface area contributed by atoms with Crippen LogP contribution >= 0.6 is 0 Å². The van der Waals surface area contributed by atoms with Gasteiger partial charge in [0.2, 0.25) is 0 Å². The molecule has 2 heterocycles. The maximum atomic E-state index is 5.70. The van der Waals surface area contributed by atoms with Crippen molar-refractivity contribution in [2.75, 3.05) is 13.2 Å². The van der Waals surface area contributed by atoms with Crippen molar-refractivity contribution in [2.45, 2.75) is 25.8 Å². The molecule has 1 unspecified atom stereocenters. The van der Waals surface area contributed by atoms with Crippen molar-refractivity contribution in [3.05, 3.63) is 59.4 Å². The SMILES string of the molecule is Cc1cnccc1CNCC1CCOc2ccccc21. The van der Waals surface area contributed by atoms with Gasteiger partial charge in [0.1, 0.15) is 5.75 Å². The molecule has 0 saturated heterocycles. The third-order valence-electron chi connectivity index (χ3n) is 3.93. The van der Waals surface area contributed by atoms with Crippen LogP contribution in [0.5, 0.6) is 5.75 Å². The number of rotatable bonds is 4. The van der Waals surface area contributed by atoms with Gasteiger partial charge in [-0.15, -0.1) is 0 Å². The molecule has 1 atom stereocenters. The minimum Gasteiger partial charge on any atom is -0.493 e. The van der Waals surface area contributed by atoms with E-state index in [9.17, 15) is 0 Å². The van der Waals surface area contributed by atoms with Crippen LogP contribution in [-0.4, -0.2) is 18.1 Å². The molecule has 3 nitrogen and oxygen atoms in total. The number of ether oxygens (including phenoxy) is 1. The molecule has 20 heavy (non-hydrogen) atoms. The summed E-state index contributed by atoms with van der Waals surface area (Å²) in [6, 6.07) is 10.5. The minimum absolute atomic E-state index is 0.544. The zero-order chi connectivity index (χ0) is 13.8. The van der Waals surface area contributed by atoms with Crippen molar-refractivity contribution < 1.29 is 4.74 Å². The zero-order valence-corrected chi connectivity index (χ0v) is 11.8. The Balaban J connectivity index is 1.61. The van der Waals surface area contributed by atoms with Crippen LogP contribution in [-0.2, 0) is 6.54 Å². The van der Waals surface area contributed by atoms with E-state index in [0.717, 1.165) is 31.9 Å². The first-order chi connectivity index (χ1) is 9.84. The maximum absolute atomic E-state index is 5.70. The molecule has 104 valence electrons. The molecular weight excluding hydrogens is 248 g/mol. The predicted molar refractivity (Wildman–Crippen MR) is 80.0 cm³/mol. The van der Waals surface area contributed by atoms with E-state index in [1.807, 2.05) is 18.5 Å². The molecule has 0 amide bonds. The normalized spacial score (nSPS) is 17.4. The maximum Gasteiger partial charge on any atom is 0.122 e. The van der Waals surface area contributed by atoms with Gasteiger partial charge >= 0.3 is 0 Å². The summed E-state index contributed by atoms with van der Waals surface area (Å²) < 4.78 is 5.70. The molecule has 3 heteroatoms. The van der Waals surface area contributed by atoms with E-state index in [0.29, 0.717) is 5.92 Å². The predicted octanol–water partition coefficient (Wildman–Crippen LogP) is 3.05. The summed E-state index contributed by atoms with van der Waals surface area (Å²) in [6.45, 7) is 4.81. The van der Waals surface area contributed by atoms with Gasteiger partial charge in [-0.1, -0.05) is 18.2 Å². The molecule has 1 aliphatic heterocycles. The fraction of sp³-hybridized carbons (Fsp3) is 0.353. The van der Waals surface area contributed by atoms with E-state index in [2.05, 4.69) is 41.5 Å². The fourth-order valence-corrected chi connectivity index (χ4v) is 2.71. The summed E-state index contributed by atoms with van der Waals surface area (Å²) in [4.78, 5) is 4.13.